The van der Waals surface area contributed by atoms with Crippen LogP contribution in [0.4, 0.5) is 0 Å². The SMILES string of the molecule is CCCCC=CP(C1CCCCC1)C1CCCCC1. The summed E-state index contributed by atoms with van der Waals surface area (Å²) < 4.78 is 0. The molecule has 110 valence electrons. The molecule has 2 fully saturated rings. The van der Waals surface area contributed by atoms with Crippen molar-refractivity contribution in [2.24, 2.45) is 0 Å². The Morgan fingerprint density at radius 3 is 1.84 bits per heavy atom. The summed E-state index contributed by atoms with van der Waals surface area (Å²) in [5.74, 6) is 2.72. The quantitative estimate of drug-likeness (QED) is 0.369. The van der Waals surface area contributed by atoms with Crippen molar-refractivity contribution in [3.05, 3.63) is 11.9 Å². The zero-order valence-electron chi connectivity index (χ0n) is 12.9. The minimum Gasteiger partial charge on any atom is -0.0840 e. The third kappa shape index (κ3) is 5.22. The van der Waals surface area contributed by atoms with Crippen LogP contribution in [-0.4, -0.2) is 11.3 Å². The van der Waals surface area contributed by atoms with Crippen LogP contribution in [-0.2, 0) is 0 Å². The minimum absolute atomic E-state index is 0.206. The highest BCUT2D eigenvalue weighted by molar-refractivity contribution is 7.62. The summed E-state index contributed by atoms with van der Waals surface area (Å²) in [5.41, 5.74) is 2.18. The summed E-state index contributed by atoms with van der Waals surface area (Å²) in [6, 6.07) is 0. The standard InChI is InChI=1S/C18H33P/c1-2-3-4-11-16-19(17-12-7-5-8-13-17)18-14-9-6-10-15-18/h11,16-18H,2-10,12-15H2,1H3. The van der Waals surface area contributed by atoms with Gasteiger partial charge in [0.25, 0.3) is 0 Å². The van der Waals surface area contributed by atoms with E-state index < -0.39 is 0 Å². The highest BCUT2D eigenvalue weighted by Gasteiger charge is 2.28. The molecule has 2 saturated carbocycles. The van der Waals surface area contributed by atoms with E-state index >= 15 is 0 Å². The van der Waals surface area contributed by atoms with Gasteiger partial charge in [0.2, 0.25) is 0 Å². The fraction of sp³-hybridized carbons (Fsp3) is 0.889. The van der Waals surface area contributed by atoms with Crippen molar-refractivity contribution < 1.29 is 0 Å². The maximum absolute atomic E-state index is 2.72. The van der Waals surface area contributed by atoms with Gasteiger partial charge in [-0.2, -0.15) is 0 Å². The van der Waals surface area contributed by atoms with E-state index in [1.807, 2.05) is 0 Å². The number of allylic oxidation sites excluding steroid dienone is 1. The van der Waals surface area contributed by atoms with Gasteiger partial charge in [-0.05, 0) is 43.4 Å². The maximum atomic E-state index is 2.72. The molecular weight excluding hydrogens is 247 g/mol. The first-order valence-electron chi connectivity index (χ1n) is 8.86. The van der Waals surface area contributed by atoms with Crippen molar-refractivity contribution >= 4 is 7.92 Å². The zero-order valence-corrected chi connectivity index (χ0v) is 13.8. The topological polar surface area (TPSA) is 0 Å². The van der Waals surface area contributed by atoms with Crippen molar-refractivity contribution in [3.63, 3.8) is 0 Å². The van der Waals surface area contributed by atoms with Gasteiger partial charge in [0.05, 0.1) is 0 Å². The van der Waals surface area contributed by atoms with Gasteiger partial charge < -0.3 is 0 Å². The lowest BCUT2D eigenvalue weighted by Gasteiger charge is -2.36. The van der Waals surface area contributed by atoms with Crippen LogP contribution in [0.3, 0.4) is 0 Å². The van der Waals surface area contributed by atoms with Crippen molar-refractivity contribution in [2.45, 2.75) is 102 Å². The molecule has 0 amide bonds. The van der Waals surface area contributed by atoms with E-state index in [4.69, 9.17) is 0 Å². The molecule has 0 radical (unpaired) electrons. The van der Waals surface area contributed by atoms with E-state index in [0.717, 1.165) is 11.3 Å². The van der Waals surface area contributed by atoms with Crippen molar-refractivity contribution in [3.8, 4) is 0 Å². The van der Waals surface area contributed by atoms with E-state index in [0.29, 0.717) is 0 Å². The van der Waals surface area contributed by atoms with Crippen LogP contribution in [0.2, 0.25) is 0 Å². The average Bonchev–Trinajstić information content (AvgIpc) is 2.49. The van der Waals surface area contributed by atoms with Crippen LogP contribution in [0.1, 0.15) is 90.4 Å². The van der Waals surface area contributed by atoms with Gasteiger partial charge in [0.15, 0.2) is 0 Å². The highest BCUT2D eigenvalue weighted by atomic mass is 31.1. The molecule has 0 unspecified atom stereocenters. The first kappa shape index (κ1) is 15.6. The largest absolute Gasteiger partial charge is 0.0840 e. The van der Waals surface area contributed by atoms with E-state index in [2.05, 4.69) is 18.8 Å². The average molecular weight is 280 g/mol. The summed E-state index contributed by atoms with van der Waals surface area (Å²) in [6.07, 6.45) is 21.8. The van der Waals surface area contributed by atoms with E-state index in [-0.39, 0.29) is 7.92 Å². The number of hydrogen-bond acceptors (Lipinski definition) is 0. The lowest BCUT2D eigenvalue weighted by molar-refractivity contribution is 0.486. The van der Waals surface area contributed by atoms with Crippen LogP contribution in [0, 0.1) is 0 Å². The third-order valence-corrected chi connectivity index (χ3v) is 8.27. The van der Waals surface area contributed by atoms with Gasteiger partial charge in [-0.15, -0.1) is 0 Å². The smallest absolute Gasteiger partial charge is 0.0172 e. The van der Waals surface area contributed by atoms with E-state index in [1.54, 1.807) is 25.7 Å². The van der Waals surface area contributed by atoms with Gasteiger partial charge in [0.1, 0.15) is 0 Å². The molecule has 0 aromatic rings. The Morgan fingerprint density at radius 1 is 0.842 bits per heavy atom. The van der Waals surface area contributed by atoms with Crippen LogP contribution in [0.25, 0.3) is 0 Å². The molecule has 0 spiro atoms. The highest BCUT2D eigenvalue weighted by Crippen LogP contribution is 2.56. The molecule has 0 aromatic carbocycles. The zero-order chi connectivity index (χ0) is 13.3. The van der Waals surface area contributed by atoms with E-state index in [9.17, 15) is 0 Å². The Bertz CT molecular complexity index is 228. The Morgan fingerprint density at radius 2 is 1.37 bits per heavy atom. The normalized spacial score (nSPS) is 23.5. The summed E-state index contributed by atoms with van der Waals surface area (Å²) in [7, 11) is 0.206. The summed E-state index contributed by atoms with van der Waals surface area (Å²) in [5, 5.41) is 0. The third-order valence-electron chi connectivity index (χ3n) is 4.99. The van der Waals surface area contributed by atoms with Gasteiger partial charge in [0, 0.05) is 0 Å². The second-order valence-corrected chi connectivity index (χ2v) is 9.21. The molecule has 0 aliphatic heterocycles. The molecule has 2 aliphatic carbocycles. The molecule has 0 atom stereocenters. The number of hydrogen-bond donors (Lipinski definition) is 0. The first-order valence-corrected chi connectivity index (χ1v) is 10.4. The lowest BCUT2D eigenvalue weighted by Crippen LogP contribution is -2.19. The fourth-order valence-electron chi connectivity index (χ4n) is 3.82. The Balaban J connectivity index is 1.92. The van der Waals surface area contributed by atoms with Crippen LogP contribution in [0.5, 0.6) is 0 Å². The Kier molecular flexibility index (Phi) is 7.51. The Labute approximate surface area is 122 Å². The predicted molar refractivity (Wildman–Crippen MR) is 89.3 cm³/mol. The van der Waals surface area contributed by atoms with Crippen LogP contribution >= 0.6 is 7.92 Å². The monoisotopic (exact) mass is 280 g/mol. The molecule has 0 nitrogen and oxygen atoms in total. The van der Waals surface area contributed by atoms with Crippen LogP contribution in [0.15, 0.2) is 11.9 Å². The van der Waals surface area contributed by atoms with Crippen molar-refractivity contribution in [2.75, 3.05) is 0 Å². The maximum Gasteiger partial charge on any atom is -0.0172 e. The lowest BCUT2D eigenvalue weighted by atomic mass is 9.99. The molecule has 0 heterocycles. The molecule has 2 aliphatic rings. The summed E-state index contributed by atoms with van der Waals surface area (Å²) in [4.78, 5) is 0. The second-order valence-electron chi connectivity index (χ2n) is 6.56. The number of unbranched alkanes of at least 4 members (excludes halogenated alkanes) is 2. The molecule has 0 aromatic heterocycles. The molecule has 19 heavy (non-hydrogen) atoms. The summed E-state index contributed by atoms with van der Waals surface area (Å²) >= 11 is 0. The van der Waals surface area contributed by atoms with Gasteiger partial charge >= 0.3 is 0 Å². The molecule has 0 N–H and O–H groups in total. The van der Waals surface area contributed by atoms with Crippen molar-refractivity contribution in [1.29, 1.82) is 0 Å². The molecule has 2 rings (SSSR count). The molecular formula is C18H33P. The van der Waals surface area contributed by atoms with Crippen molar-refractivity contribution in [1.82, 2.24) is 0 Å². The van der Waals surface area contributed by atoms with Gasteiger partial charge in [-0.3, -0.25) is 0 Å². The second kappa shape index (κ2) is 9.17. The molecule has 0 bridgehead atoms. The van der Waals surface area contributed by atoms with E-state index in [1.165, 1.54) is 57.8 Å². The molecule has 0 saturated heterocycles. The Hall–Kier alpha value is 0.170. The van der Waals surface area contributed by atoms with Crippen LogP contribution < -0.4 is 0 Å². The minimum atomic E-state index is 0.206. The predicted octanol–water partition coefficient (Wildman–Crippen LogP) is 6.84. The number of rotatable bonds is 6. The van der Waals surface area contributed by atoms with Gasteiger partial charge in [-0.1, -0.05) is 78.1 Å². The molecule has 1 heteroatoms. The summed E-state index contributed by atoms with van der Waals surface area (Å²) in [6.45, 7) is 2.30. The van der Waals surface area contributed by atoms with Gasteiger partial charge in [-0.25, -0.2) is 0 Å². The fourth-order valence-corrected chi connectivity index (χ4v) is 7.22. The first-order chi connectivity index (χ1) is 9.42.